The topological polar surface area (TPSA) is 177 Å². The van der Waals surface area contributed by atoms with Gasteiger partial charge in [-0.3, -0.25) is 14.5 Å². The standard InChI is InChI=1S/C27H37N3O7/c1-11-12-8-7-9-13(31)15(12)20(32)16-14(11)21(33)18-19(30(5)6)22(34)17(25(28)36)23(27(18,37)24(16)35)29-10-26(2,3)4/h7-9,11,14,18-19,21,23,29,31-34,37H,10H2,1-6H3,(H2,28,36)/t11-,14+,18+,19-,21-,23+,27+/m0/s1. The summed E-state index contributed by atoms with van der Waals surface area (Å²) >= 11 is 0. The SMILES string of the molecule is C[C@H]1c2cccc(O)c2C(O)=C2C(=O)[C@@]3(O)[C@@H]([C@@H](O)[C@@H]21)[C@H](N(C)C)C(O)=C(C(N)=O)[C@H]3NCC(C)(C)C. The van der Waals surface area contributed by atoms with E-state index in [-0.39, 0.29) is 34.4 Å². The number of rotatable bonds is 4. The number of carbonyl (C=O) groups is 2. The van der Waals surface area contributed by atoms with Crippen LogP contribution < -0.4 is 11.1 Å². The summed E-state index contributed by atoms with van der Waals surface area (Å²) in [6.07, 6.45) is -1.42. The second-order valence-corrected chi connectivity index (χ2v) is 11.9. The van der Waals surface area contributed by atoms with Crippen LogP contribution in [-0.4, -0.2) is 86.6 Å². The largest absolute Gasteiger partial charge is 0.510 e. The number of Topliss-reactive ketones (excluding diaryl/α,β-unsaturated/α-hetero) is 1. The molecule has 8 N–H and O–H groups in total. The molecule has 37 heavy (non-hydrogen) atoms. The molecule has 7 atom stereocenters. The van der Waals surface area contributed by atoms with Gasteiger partial charge in [0.15, 0.2) is 11.4 Å². The van der Waals surface area contributed by atoms with E-state index in [0.29, 0.717) is 5.56 Å². The molecule has 3 aliphatic carbocycles. The average molecular weight is 516 g/mol. The minimum absolute atomic E-state index is 0.0662. The fraction of sp³-hybridized carbons (Fsp3) is 0.556. The third kappa shape index (κ3) is 3.85. The Morgan fingerprint density at radius 3 is 2.35 bits per heavy atom. The number of phenols is 1. The summed E-state index contributed by atoms with van der Waals surface area (Å²) in [5.41, 5.74) is 2.90. The molecule has 1 aromatic carbocycles. The third-order valence-electron chi connectivity index (χ3n) is 8.06. The van der Waals surface area contributed by atoms with Crippen molar-refractivity contribution in [2.75, 3.05) is 20.6 Å². The zero-order valence-corrected chi connectivity index (χ0v) is 22.0. The van der Waals surface area contributed by atoms with Crippen LogP contribution in [0.4, 0.5) is 0 Å². The van der Waals surface area contributed by atoms with Crippen LogP contribution >= 0.6 is 0 Å². The number of nitrogens with two attached hydrogens (primary N) is 1. The van der Waals surface area contributed by atoms with Gasteiger partial charge in [-0.05, 0) is 37.1 Å². The Bertz CT molecular complexity index is 1210. The molecule has 1 saturated carbocycles. The summed E-state index contributed by atoms with van der Waals surface area (Å²) in [4.78, 5) is 28.5. The number of hydrogen-bond donors (Lipinski definition) is 7. The molecule has 0 saturated heterocycles. The highest BCUT2D eigenvalue weighted by Gasteiger charge is 2.68. The predicted molar refractivity (Wildman–Crippen MR) is 137 cm³/mol. The molecular weight excluding hydrogens is 478 g/mol. The zero-order valence-electron chi connectivity index (χ0n) is 22.0. The summed E-state index contributed by atoms with van der Waals surface area (Å²) in [6, 6.07) is 2.10. The van der Waals surface area contributed by atoms with Gasteiger partial charge in [-0.15, -0.1) is 0 Å². The van der Waals surface area contributed by atoms with Crippen LogP contribution in [0.25, 0.3) is 5.76 Å². The fourth-order valence-corrected chi connectivity index (χ4v) is 6.46. The molecule has 0 heterocycles. The molecule has 0 aliphatic heterocycles. The van der Waals surface area contributed by atoms with Crippen molar-refractivity contribution in [1.29, 1.82) is 0 Å². The Balaban J connectivity index is 2.03. The summed E-state index contributed by atoms with van der Waals surface area (Å²) in [6.45, 7) is 7.71. The van der Waals surface area contributed by atoms with Gasteiger partial charge in [-0.25, -0.2) is 0 Å². The van der Waals surface area contributed by atoms with Crippen molar-refractivity contribution in [2.45, 2.75) is 57.4 Å². The molecule has 0 unspecified atom stereocenters. The highest BCUT2D eigenvalue weighted by Crippen LogP contribution is 2.56. The molecule has 3 aliphatic rings. The van der Waals surface area contributed by atoms with Gasteiger partial charge in [0.05, 0.1) is 29.3 Å². The normalized spacial score (nSPS) is 33.8. The number of nitrogens with one attached hydrogen (secondary N) is 1. The van der Waals surface area contributed by atoms with Crippen LogP contribution in [-0.2, 0) is 9.59 Å². The molecule has 1 fully saturated rings. The Labute approximate surface area is 216 Å². The van der Waals surface area contributed by atoms with Crippen molar-refractivity contribution in [3.05, 3.63) is 46.2 Å². The first-order chi connectivity index (χ1) is 17.1. The van der Waals surface area contributed by atoms with E-state index in [4.69, 9.17) is 5.73 Å². The molecule has 1 amide bonds. The van der Waals surface area contributed by atoms with Crippen molar-refractivity contribution in [3.63, 3.8) is 0 Å². The Kier molecular flexibility index (Phi) is 6.48. The van der Waals surface area contributed by atoms with E-state index < -0.39 is 64.8 Å². The number of carbonyl (C=O) groups excluding carboxylic acids is 2. The average Bonchev–Trinajstić information content (AvgIpc) is 2.78. The number of aliphatic hydroxyl groups is 4. The van der Waals surface area contributed by atoms with Crippen molar-refractivity contribution in [1.82, 2.24) is 10.2 Å². The second kappa shape index (κ2) is 8.83. The van der Waals surface area contributed by atoms with Gasteiger partial charge >= 0.3 is 0 Å². The Morgan fingerprint density at radius 1 is 1.19 bits per heavy atom. The van der Waals surface area contributed by atoms with Crippen molar-refractivity contribution in [2.24, 2.45) is 23.0 Å². The van der Waals surface area contributed by atoms with Crippen LogP contribution in [0.15, 0.2) is 35.1 Å². The van der Waals surface area contributed by atoms with E-state index in [0.717, 1.165) is 0 Å². The summed E-state index contributed by atoms with van der Waals surface area (Å²) in [5, 5.41) is 60.4. The van der Waals surface area contributed by atoms with Crippen molar-refractivity contribution in [3.8, 4) is 5.75 Å². The lowest BCUT2D eigenvalue weighted by Crippen LogP contribution is -2.75. The number of amides is 1. The van der Waals surface area contributed by atoms with E-state index in [1.54, 1.807) is 33.2 Å². The first-order valence-corrected chi connectivity index (χ1v) is 12.4. The van der Waals surface area contributed by atoms with Crippen molar-refractivity contribution < 1.29 is 35.1 Å². The quantitative estimate of drug-likeness (QED) is 0.307. The maximum Gasteiger partial charge on any atom is 0.249 e. The second-order valence-electron chi connectivity index (χ2n) is 11.9. The summed E-state index contributed by atoms with van der Waals surface area (Å²) < 4.78 is 0. The van der Waals surface area contributed by atoms with Crippen LogP contribution in [0.3, 0.4) is 0 Å². The van der Waals surface area contributed by atoms with Gasteiger partial charge in [-0.2, -0.15) is 0 Å². The molecule has 4 rings (SSSR count). The first kappa shape index (κ1) is 27.1. The molecular formula is C27H37N3O7. The molecule has 202 valence electrons. The number of phenolic OH excluding ortho intramolecular Hbond substituents is 1. The number of primary amides is 1. The van der Waals surface area contributed by atoms with Crippen LogP contribution in [0, 0.1) is 17.3 Å². The number of nitrogens with zero attached hydrogens (tertiary/aromatic N) is 1. The molecule has 10 nitrogen and oxygen atoms in total. The van der Waals surface area contributed by atoms with E-state index in [2.05, 4.69) is 5.32 Å². The number of benzene rings is 1. The third-order valence-corrected chi connectivity index (χ3v) is 8.06. The number of aliphatic hydroxyl groups excluding tert-OH is 3. The van der Waals surface area contributed by atoms with Crippen LogP contribution in [0.2, 0.25) is 0 Å². The molecule has 0 spiro atoms. The maximum absolute atomic E-state index is 14.3. The smallest absolute Gasteiger partial charge is 0.249 e. The van der Waals surface area contributed by atoms with E-state index in [1.165, 1.54) is 11.0 Å². The van der Waals surface area contributed by atoms with Crippen LogP contribution in [0.5, 0.6) is 5.75 Å². The molecule has 0 radical (unpaired) electrons. The highest BCUT2D eigenvalue weighted by atomic mass is 16.3. The summed E-state index contributed by atoms with van der Waals surface area (Å²) in [5.74, 6) is -5.85. The molecule has 1 aromatic rings. The zero-order chi connectivity index (χ0) is 27.8. The minimum Gasteiger partial charge on any atom is -0.510 e. The van der Waals surface area contributed by atoms with Crippen LogP contribution in [0.1, 0.15) is 44.7 Å². The summed E-state index contributed by atoms with van der Waals surface area (Å²) in [7, 11) is 3.20. The predicted octanol–water partition coefficient (Wildman–Crippen LogP) is 0.931. The Hall–Kier alpha value is -2.92. The molecule has 0 aromatic heterocycles. The monoisotopic (exact) mass is 515 g/mol. The lowest BCUT2D eigenvalue weighted by molar-refractivity contribution is -0.174. The van der Waals surface area contributed by atoms with Crippen molar-refractivity contribution >= 4 is 17.4 Å². The number of hydrogen-bond acceptors (Lipinski definition) is 9. The van der Waals surface area contributed by atoms with Gasteiger partial charge in [0.1, 0.15) is 17.3 Å². The Morgan fingerprint density at radius 2 is 1.81 bits per heavy atom. The van der Waals surface area contributed by atoms with E-state index >= 15 is 0 Å². The maximum atomic E-state index is 14.3. The molecule has 0 bridgehead atoms. The first-order valence-electron chi connectivity index (χ1n) is 12.4. The number of ketones is 1. The van der Waals surface area contributed by atoms with E-state index in [9.17, 15) is 35.1 Å². The van der Waals surface area contributed by atoms with Gasteiger partial charge < -0.3 is 36.6 Å². The van der Waals surface area contributed by atoms with Gasteiger partial charge in [-0.1, -0.05) is 39.8 Å². The number of fused-ring (bicyclic) bond motifs is 3. The lowest BCUT2D eigenvalue weighted by atomic mass is 9.53. The van der Waals surface area contributed by atoms with Gasteiger partial charge in [0.2, 0.25) is 5.91 Å². The van der Waals surface area contributed by atoms with E-state index in [1.807, 2.05) is 20.8 Å². The number of aromatic hydroxyl groups is 1. The van der Waals surface area contributed by atoms with Gasteiger partial charge in [0.25, 0.3) is 0 Å². The number of likely N-dealkylation sites (N-methyl/N-ethyl adjacent to an activating group) is 1. The fourth-order valence-electron chi connectivity index (χ4n) is 6.46. The minimum atomic E-state index is -2.46. The lowest BCUT2D eigenvalue weighted by Gasteiger charge is -2.57. The van der Waals surface area contributed by atoms with Gasteiger partial charge in [0, 0.05) is 24.0 Å². The highest BCUT2D eigenvalue weighted by molar-refractivity contribution is 6.11. The molecule has 10 heteroatoms.